The van der Waals surface area contributed by atoms with Gasteiger partial charge in [-0.1, -0.05) is 13.3 Å². The number of carboxylic acid groups (broad SMARTS) is 1. The summed E-state index contributed by atoms with van der Waals surface area (Å²) in [7, 11) is 0. The van der Waals surface area contributed by atoms with Crippen LogP contribution in [0.5, 0.6) is 0 Å². The molecule has 0 saturated heterocycles. The molecular formula is C8H15O2S-. The molecule has 0 rings (SSSR count). The molecule has 0 heterocycles. The molecule has 0 bridgehead atoms. The van der Waals surface area contributed by atoms with Crippen LogP contribution in [0, 0.1) is 0 Å². The molecule has 0 aromatic carbocycles. The van der Waals surface area contributed by atoms with Gasteiger partial charge in [-0.25, -0.2) is 0 Å². The zero-order valence-corrected chi connectivity index (χ0v) is 7.77. The van der Waals surface area contributed by atoms with E-state index in [1.807, 2.05) is 0 Å². The number of aliphatic carboxylic acids is 1. The smallest absolute Gasteiger partial charge is 0.0414 e. The second-order valence-electron chi connectivity index (χ2n) is 2.71. The van der Waals surface area contributed by atoms with Gasteiger partial charge in [-0.05, 0) is 25.7 Å². The van der Waals surface area contributed by atoms with Gasteiger partial charge in [0.1, 0.15) is 0 Å². The quantitative estimate of drug-likeness (QED) is 0.612. The van der Waals surface area contributed by atoms with E-state index in [0.717, 1.165) is 19.3 Å². The van der Waals surface area contributed by atoms with Crippen molar-refractivity contribution in [2.75, 3.05) is 0 Å². The fourth-order valence-corrected chi connectivity index (χ4v) is 1.40. The zero-order chi connectivity index (χ0) is 8.69. The summed E-state index contributed by atoms with van der Waals surface area (Å²) in [5.74, 6) is -0.956. The number of rotatable bonds is 6. The Morgan fingerprint density at radius 2 is 2.18 bits per heavy atom. The predicted octanol–water partition coefficient (Wildman–Crippen LogP) is 1.01. The molecule has 1 atom stereocenters. The molecule has 0 fully saturated rings. The molecule has 0 amide bonds. The van der Waals surface area contributed by atoms with E-state index in [0.29, 0.717) is 11.7 Å². The van der Waals surface area contributed by atoms with Gasteiger partial charge in [0.15, 0.2) is 0 Å². The molecule has 66 valence electrons. The highest BCUT2D eigenvalue weighted by molar-refractivity contribution is 7.80. The summed E-state index contributed by atoms with van der Waals surface area (Å²) in [6, 6.07) is 0. The average molecular weight is 175 g/mol. The van der Waals surface area contributed by atoms with Crippen LogP contribution in [0.2, 0.25) is 0 Å². The van der Waals surface area contributed by atoms with E-state index in [2.05, 4.69) is 19.6 Å². The summed E-state index contributed by atoms with van der Waals surface area (Å²) in [5, 5.41) is 10.4. The topological polar surface area (TPSA) is 40.1 Å². The summed E-state index contributed by atoms with van der Waals surface area (Å²) < 4.78 is 0. The van der Waals surface area contributed by atoms with Gasteiger partial charge in [-0.2, -0.15) is 12.6 Å². The molecule has 2 nitrogen and oxygen atoms in total. The Morgan fingerprint density at radius 3 is 2.64 bits per heavy atom. The van der Waals surface area contributed by atoms with E-state index in [9.17, 15) is 9.90 Å². The molecule has 11 heavy (non-hydrogen) atoms. The molecule has 1 unspecified atom stereocenters. The van der Waals surface area contributed by atoms with E-state index in [1.165, 1.54) is 0 Å². The van der Waals surface area contributed by atoms with Gasteiger partial charge in [0, 0.05) is 11.2 Å². The van der Waals surface area contributed by atoms with Gasteiger partial charge in [-0.3, -0.25) is 0 Å². The van der Waals surface area contributed by atoms with Crippen LogP contribution in [0.4, 0.5) is 0 Å². The first-order chi connectivity index (χ1) is 5.16. The Kier molecular flexibility index (Phi) is 6.42. The first kappa shape index (κ1) is 10.8. The number of carbonyl (C=O) groups is 1. The normalized spacial score (nSPS) is 12.9. The van der Waals surface area contributed by atoms with Crippen molar-refractivity contribution in [3.05, 3.63) is 0 Å². The summed E-state index contributed by atoms with van der Waals surface area (Å²) in [6.07, 6.45) is 3.91. The van der Waals surface area contributed by atoms with Crippen LogP contribution < -0.4 is 5.11 Å². The Labute approximate surface area is 73.4 Å². The molecule has 0 N–H and O–H groups in total. The first-order valence-electron chi connectivity index (χ1n) is 4.04. The van der Waals surface area contributed by atoms with Crippen LogP contribution in [0.3, 0.4) is 0 Å². The fraction of sp³-hybridized carbons (Fsp3) is 0.875. The lowest BCUT2D eigenvalue weighted by Gasteiger charge is -2.08. The second kappa shape index (κ2) is 6.53. The van der Waals surface area contributed by atoms with Gasteiger partial charge in [0.05, 0.1) is 0 Å². The Morgan fingerprint density at radius 1 is 1.55 bits per heavy atom. The number of thiol groups is 1. The Balaban J connectivity index is 3.16. The third-order valence-electron chi connectivity index (χ3n) is 1.54. The van der Waals surface area contributed by atoms with Crippen molar-refractivity contribution in [2.24, 2.45) is 0 Å². The highest BCUT2D eigenvalue weighted by Crippen LogP contribution is 2.12. The van der Waals surface area contributed by atoms with Crippen LogP contribution in [-0.2, 0) is 4.79 Å². The van der Waals surface area contributed by atoms with Crippen LogP contribution in [0.15, 0.2) is 0 Å². The Hall–Kier alpha value is -0.180. The SMILES string of the molecule is CCCC(S)CCCC(=O)[O-]. The van der Waals surface area contributed by atoms with Crippen molar-refractivity contribution >= 4 is 18.6 Å². The van der Waals surface area contributed by atoms with Crippen molar-refractivity contribution in [3.63, 3.8) is 0 Å². The van der Waals surface area contributed by atoms with E-state index in [-0.39, 0.29) is 6.42 Å². The average Bonchev–Trinajstić information content (AvgIpc) is 1.87. The van der Waals surface area contributed by atoms with Gasteiger partial charge < -0.3 is 9.90 Å². The van der Waals surface area contributed by atoms with Crippen molar-refractivity contribution in [3.8, 4) is 0 Å². The lowest BCUT2D eigenvalue weighted by atomic mass is 10.1. The zero-order valence-electron chi connectivity index (χ0n) is 6.88. The number of carbonyl (C=O) groups excluding carboxylic acids is 1. The highest BCUT2D eigenvalue weighted by Gasteiger charge is 2.00. The van der Waals surface area contributed by atoms with Gasteiger partial charge in [0.2, 0.25) is 0 Å². The minimum Gasteiger partial charge on any atom is -0.550 e. The Bertz CT molecular complexity index is 115. The summed E-state index contributed by atoms with van der Waals surface area (Å²) in [4.78, 5) is 10.0. The van der Waals surface area contributed by atoms with Crippen molar-refractivity contribution in [2.45, 2.75) is 44.3 Å². The standard InChI is InChI=1S/C8H16O2S/c1-2-4-7(11)5-3-6-8(9)10/h7,11H,2-6H2,1H3,(H,9,10)/p-1. The van der Waals surface area contributed by atoms with Crippen LogP contribution in [0.1, 0.15) is 39.0 Å². The number of hydrogen-bond acceptors (Lipinski definition) is 3. The lowest BCUT2D eigenvalue weighted by Crippen LogP contribution is -2.21. The van der Waals surface area contributed by atoms with Crippen molar-refractivity contribution in [1.29, 1.82) is 0 Å². The molecule has 0 radical (unpaired) electrons. The van der Waals surface area contributed by atoms with Crippen molar-refractivity contribution < 1.29 is 9.90 Å². The van der Waals surface area contributed by atoms with E-state index >= 15 is 0 Å². The van der Waals surface area contributed by atoms with Gasteiger partial charge >= 0.3 is 0 Å². The van der Waals surface area contributed by atoms with Crippen LogP contribution in [0.25, 0.3) is 0 Å². The molecule has 0 saturated carbocycles. The molecule has 0 aliphatic carbocycles. The molecule has 0 aromatic rings. The predicted molar refractivity (Wildman–Crippen MR) is 46.5 cm³/mol. The van der Waals surface area contributed by atoms with E-state index in [1.54, 1.807) is 0 Å². The maximum absolute atomic E-state index is 10.0. The van der Waals surface area contributed by atoms with Crippen molar-refractivity contribution in [1.82, 2.24) is 0 Å². The minimum atomic E-state index is -0.956. The monoisotopic (exact) mass is 175 g/mol. The molecule has 0 aliphatic heterocycles. The van der Waals surface area contributed by atoms with Gasteiger partial charge in [-0.15, -0.1) is 0 Å². The van der Waals surface area contributed by atoms with Gasteiger partial charge in [0.25, 0.3) is 0 Å². The molecule has 0 spiro atoms. The maximum atomic E-state index is 10.0. The summed E-state index contributed by atoms with van der Waals surface area (Å²) >= 11 is 4.30. The first-order valence-corrected chi connectivity index (χ1v) is 4.56. The fourth-order valence-electron chi connectivity index (χ4n) is 0.960. The van der Waals surface area contributed by atoms with Crippen LogP contribution >= 0.6 is 12.6 Å². The molecule has 0 aromatic heterocycles. The number of hydrogen-bond donors (Lipinski definition) is 1. The summed E-state index contributed by atoms with van der Waals surface area (Å²) in [6.45, 7) is 2.10. The lowest BCUT2D eigenvalue weighted by molar-refractivity contribution is -0.305. The molecular weight excluding hydrogens is 160 g/mol. The molecule has 3 heteroatoms. The highest BCUT2D eigenvalue weighted by atomic mass is 32.1. The van der Waals surface area contributed by atoms with E-state index < -0.39 is 5.97 Å². The third kappa shape index (κ3) is 7.72. The summed E-state index contributed by atoms with van der Waals surface area (Å²) in [5.41, 5.74) is 0. The number of carboxylic acids is 1. The maximum Gasteiger partial charge on any atom is 0.0414 e. The second-order valence-corrected chi connectivity index (χ2v) is 3.44. The third-order valence-corrected chi connectivity index (χ3v) is 2.06. The van der Waals surface area contributed by atoms with Crippen LogP contribution in [-0.4, -0.2) is 11.2 Å². The largest absolute Gasteiger partial charge is 0.550 e. The molecule has 0 aliphatic rings. The minimum absolute atomic E-state index is 0.167. The van der Waals surface area contributed by atoms with E-state index in [4.69, 9.17) is 0 Å².